The minimum atomic E-state index is -0.267. The van der Waals surface area contributed by atoms with Gasteiger partial charge in [-0.1, -0.05) is 25.0 Å². The maximum Gasteiger partial charge on any atom is 0.0724 e. The fourth-order valence-electron chi connectivity index (χ4n) is 6.79. The number of hydrogen-bond donors (Lipinski definition) is 2. The van der Waals surface area contributed by atoms with Crippen LogP contribution in [0.1, 0.15) is 64.7 Å². The predicted molar refractivity (Wildman–Crippen MR) is 83.7 cm³/mol. The smallest absolute Gasteiger partial charge is 0.0724 e. The molecular weight excluding hydrogens is 260 g/mol. The Morgan fingerprint density at radius 2 is 1.95 bits per heavy atom. The van der Waals surface area contributed by atoms with Crippen LogP contribution in [0.15, 0.2) is 11.6 Å². The number of aliphatic hydroxyl groups excluding tert-OH is 2. The maximum absolute atomic E-state index is 10.3. The van der Waals surface area contributed by atoms with Crippen molar-refractivity contribution < 1.29 is 10.2 Å². The molecule has 21 heavy (non-hydrogen) atoms. The second kappa shape index (κ2) is 4.83. The van der Waals surface area contributed by atoms with Crippen LogP contribution in [-0.2, 0) is 0 Å². The lowest BCUT2D eigenvalue weighted by molar-refractivity contribution is -0.0688. The highest BCUT2D eigenvalue weighted by Gasteiger charge is 2.57. The molecule has 0 spiro atoms. The molecule has 2 heteroatoms. The molecule has 0 aliphatic heterocycles. The van der Waals surface area contributed by atoms with Gasteiger partial charge in [-0.05, 0) is 74.5 Å². The standard InChI is InChI=1S/C19H30O2/c1-18-8-2-3-16(18)15-5-4-13-11-14(21)6-10-19(13,12-20)17(15)7-9-18/h11,14-17,20-21H,2-10,12H2,1H3/t14?,15-,16-,17-,18-,19+/m0/s1. The van der Waals surface area contributed by atoms with E-state index in [1.165, 1.54) is 44.1 Å². The first-order valence-corrected chi connectivity index (χ1v) is 9.09. The highest BCUT2D eigenvalue weighted by molar-refractivity contribution is 5.26. The molecule has 2 nitrogen and oxygen atoms in total. The first-order chi connectivity index (χ1) is 10.1. The molecule has 3 fully saturated rings. The van der Waals surface area contributed by atoms with Crippen LogP contribution in [0.3, 0.4) is 0 Å². The van der Waals surface area contributed by atoms with Crippen LogP contribution in [0, 0.1) is 28.6 Å². The third kappa shape index (κ3) is 1.91. The lowest BCUT2D eigenvalue weighted by Crippen LogP contribution is -2.52. The van der Waals surface area contributed by atoms with Gasteiger partial charge in [-0.15, -0.1) is 0 Å². The third-order valence-electron chi connectivity index (χ3n) is 7.88. The van der Waals surface area contributed by atoms with Gasteiger partial charge in [0, 0.05) is 5.41 Å². The Hall–Kier alpha value is -0.340. The van der Waals surface area contributed by atoms with E-state index in [4.69, 9.17) is 0 Å². The van der Waals surface area contributed by atoms with Crippen molar-refractivity contribution in [2.45, 2.75) is 70.8 Å². The van der Waals surface area contributed by atoms with Crippen LogP contribution in [0.2, 0.25) is 0 Å². The average molecular weight is 290 g/mol. The summed E-state index contributed by atoms with van der Waals surface area (Å²) < 4.78 is 0. The molecule has 0 aromatic heterocycles. The SMILES string of the molecule is C[C@@]12CCC[C@H]1[C@@H]1CCC3=CC(O)CC[C@]3(CO)[C@H]1CC2. The molecule has 118 valence electrons. The molecular formula is C19H30O2. The fourth-order valence-corrected chi connectivity index (χ4v) is 6.79. The molecule has 0 saturated heterocycles. The Balaban J connectivity index is 1.70. The monoisotopic (exact) mass is 290 g/mol. The second-order valence-electron chi connectivity index (χ2n) is 8.61. The Morgan fingerprint density at radius 1 is 1.10 bits per heavy atom. The van der Waals surface area contributed by atoms with Gasteiger partial charge in [0.15, 0.2) is 0 Å². The molecule has 3 saturated carbocycles. The average Bonchev–Trinajstić information content (AvgIpc) is 2.88. The summed E-state index contributed by atoms with van der Waals surface area (Å²) in [6.45, 7) is 2.83. The van der Waals surface area contributed by atoms with Gasteiger partial charge in [0.05, 0.1) is 12.7 Å². The lowest BCUT2D eigenvalue weighted by atomic mass is 9.47. The molecule has 0 amide bonds. The molecule has 0 radical (unpaired) electrons. The minimum Gasteiger partial charge on any atom is -0.395 e. The van der Waals surface area contributed by atoms with Gasteiger partial charge in [0.25, 0.3) is 0 Å². The van der Waals surface area contributed by atoms with Gasteiger partial charge in [-0.2, -0.15) is 0 Å². The molecule has 0 aromatic carbocycles. The Morgan fingerprint density at radius 3 is 2.76 bits per heavy atom. The molecule has 4 aliphatic rings. The van der Waals surface area contributed by atoms with Crippen molar-refractivity contribution in [3.8, 4) is 0 Å². The van der Waals surface area contributed by atoms with Gasteiger partial charge in [0.2, 0.25) is 0 Å². The van der Waals surface area contributed by atoms with Crippen molar-refractivity contribution in [3.63, 3.8) is 0 Å². The van der Waals surface area contributed by atoms with Gasteiger partial charge < -0.3 is 10.2 Å². The summed E-state index contributed by atoms with van der Waals surface area (Å²) in [6, 6.07) is 0. The highest BCUT2D eigenvalue weighted by Crippen LogP contribution is 2.65. The third-order valence-corrected chi connectivity index (χ3v) is 7.88. The van der Waals surface area contributed by atoms with E-state index in [-0.39, 0.29) is 11.5 Å². The van der Waals surface area contributed by atoms with E-state index in [0.29, 0.717) is 17.9 Å². The molecule has 4 rings (SSSR count). The van der Waals surface area contributed by atoms with E-state index in [1.807, 2.05) is 0 Å². The molecule has 2 N–H and O–H groups in total. The number of fused-ring (bicyclic) bond motifs is 5. The van der Waals surface area contributed by atoms with Crippen molar-refractivity contribution in [3.05, 3.63) is 11.6 Å². The molecule has 0 heterocycles. The van der Waals surface area contributed by atoms with Crippen LogP contribution >= 0.6 is 0 Å². The van der Waals surface area contributed by atoms with Gasteiger partial charge in [0.1, 0.15) is 0 Å². The predicted octanol–water partition coefficient (Wildman–Crippen LogP) is 3.67. The summed E-state index contributed by atoms with van der Waals surface area (Å²) in [6.07, 6.45) is 13.0. The van der Waals surface area contributed by atoms with E-state index in [2.05, 4.69) is 13.0 Å². The largest absolute Gasteiger partial charge is 0.395 e. The summed E-state index contributed by atoms with van der Waals surface area (Å²) in [7, 11) is 0. The fraction of sp³-hybridized carbons (Fsp3) is 0.895. The zero-order valence-corrected chi connectivity index (χ0v) is 13.4. The molecule has 0 bridgehead atoms. The van der Waals surface area contributed by atoms with Gasteiger partial charge >= 0.3 is 0 Å². The van der Waals surface area contributed by atoms with Crippen molar-refractivity contribution in [1.29, 1.82) is 0 Å². The summed E-state index contributed by atoms with van der Waals surface area (Å²) in [5.74, 6) is 2.39. The first kappa shape index (κ1) is 14.3. The van der Waals surface area contributed by atoms with Crippen molar-refractivity contribution in [1.82, 2.24) is 0 Å². The topological polar surface area (TPSA) is 40.5 Å². The lowest BCUT2D eigenvalue weighted by Gasteiger charge is -2.58. The van der Waals surface area contributed by atoms with E-state index >= 15 is 0 Å². The first-order valence-electron chi connectivity index (χ1n) is 9.09. The minimum absolute atomic E-state index is 0.0199. The summed E-state index contributed by atoms with van der Waals surface area (Å²) >= 11 is 0. The van der Waals surface area contributed by atoms with E-state index in [0.717, 1.165) is 31.1 Å². The zero-order chi connectivity index (χ0) is 14.7. The van der Waals surface area contributed by atoms with E-state index in [1.54, 1.807) is 0 Å². The Labute approximate surface area is 128 Å². The molecule has 4 aliphatic carbocycles. The van der Waals surface area contributed by atoms with E-state index < -0.39 is 0 Å². The van der Waals surface area contributed by atoms with Crippen LogP contribution in [0.25, 0.3) is 0 Å². The maximum atomic E-state index is 10.3. The summed E-state index contributed by atoms with van der Waals surface area (Å²) in [4.78, 5) is 0. The Bertz CT molecular complexity index is 456. The van der Waals surface area contributed by atoms with E-state index in [9.17, 15) is 10.2 Å². The van der Waals surface area contributed by atoms with Crippen molar-refractivity contribution >= 4 is 0 Å². The van der Waals surface area contributed by atoms with Crippen LogP contribution in [0.5, 0.6) is 0 Å². The van der Waals surface area contributed by atoms with Gasteiger partial charge in [-0.25, -0.2) is 0 Å². The molecule has 6 atom stereocenters. The highest BCUT2D eigenvalue weighted by atomic mass is 16.3. The number of aliphatic hydroxyl groups is 2. The molecule has 0 aromatic rings. The second-order valence-corrected chi connectivity index (χ2v) is 8.61. The summed E-state index contributed by atoms with van der Waals surface area (Å²) in [5, 5.41) is 20.3. The number of rotatable bonds is 1. The van der Waals surface area contributed by atoms with Gasteiger partial charge in [-0.3, -0.25) is 0 Å². The van der Waals surface area contributed by atoms with Crippen molar-refractivity contribution in [2.24, 2.45) is 28.6 Å². The van der Waals surface area contributed by atoms with Crippen molar-refractivity contribution in [2.75, 3.05) is 6.61 Å². The molecule has 1 unspecified atom stereocenters. The van der Waals surface area contributed by atoms with Crippen LogP contribution in [-0.4, -0.2) is 22.9 Å². The zero-order valence-electron chi connectivity index (χ0n) is 13.4. The Kier molecular flexibility index (Phi) is 3.28. The summed E-state index contributed by atoms with van der Waals surface area (Å²) in [5.41, 5.74) is 2.01. The van der Waals surface area contributed by atoms with Crippen LogP contribution in [0.4, 0.5) is 0 Å². The van der Waals surface area contributed by atoms with Crippen LogP contribution < -0.4 is 0 Å². The normalized spacial score (nSPS) is 52.6. The number of hydrogen-bond acceptors (Lipinski definition) is 2. The quantitative estimate of drug-likeness (QED) is 0.723.